The summed E-state index contributed by atoms with van der Waals surface area (Å²) in [4.78, 5) is 32.6. The van der Waals surface area contributed by atoms with Gasteiger partial charge in [0, 0.05) is 30.8 Å². The Morgan fingerprint density at radius 2 is 1.62 bits per heavy atom. The van der Waals surface area contributed by atoms with Crippen LogP contribution in [0.25, 0.3) is 5.69 Å². The fraction of sp³-hybridized carbons (Fsp3) is 0.241. The van der Waals surface area contributed by atoms with Gasteiger partial charge in [0.1, 0.15) is 5.75 Å². The predicted molar refractivity (Wildman–Crippen MR) is 148 cm³/mol. The van der Waals surface area contributed by atoms with E-state index in [1.165, 1.54) is 16.8 Å². The van der Waals surface area contributed by atoms with E-state index in [4.69, 9.17) is 4.74 Å². The van der Waals surface area contributed by atoms with E-state index < -0.39 is 23.9 Å². The summed E-state index contributed by atoms with van der Waals surface area (Å²) in [6.45, 7) is 5.59. The van der Waals surface area contributed by atoms with Gasteiger partial charge in [0.05, 0.1) is 18.9 Å². The maximum absolute atomic E-state index is 13.0. The molecule has 0 unspecified atom stereocenters. The van der Waals surface area contributed by atoms with Crippen LogP contribution in [0, 0.1) is 6.92 Å². The van der Waals surface area contributed by atoms with Gasteiger partial charge in [-0.05, 0) is 60.5 Å². The minimum absolute atomic E-state index is 0.0519. The highest BCUT2D eigenvalue weighted by atomic mass is 19.4. The standard InChI is InChI=1S/C29H27F3N6O4/c1-19-4-2-3-5-24(19)26(40)34-28-35-27(36-38(28)22-10-12-23(13-11-22)42-29(30,31)32)33-25(39)21-8-6-20(7-9-21)18-37-14-16-41-17-15-37/h2-13H,14-18H2,1H3,(H2,33,34,35,36,39,40). The van der Waals surface area contributed by atoms with Gasteiger partial charge >= 0.3 is 6.36 Å². The number of amides is 2. The van der Waals surface area contributed by atoms with Crippen LogP contribution in [0.3, 0.4) is 0 Å². The van der Waals surface area contributed by atoms with Crippen LogP contribution in [0.5, 0.6) is 5.75 Å². The Labute approximate surface area is 239 Å². The smallest absolute Gasteiger partial charge is 0.406 e. The third-order valence-corrected chi connectivity index (χ3v) is 6.49. The van der Waals surface area contributed by atoms with Crippen LogP contribution in [0.2, 0.25) is 0 Å². The van der Waals surface area contributed by atoms with Crippen LogP contribution in [-0.4, -0.2) is 64.1 Å². The molecule has 2 heterocycles. The summed E-state index contributed by atoms with van der Waals surface area (Å²) in [6.07, 6.45) is -4.85. The van der Waals surface area contributed by atoms with Crippen molar-refractivity contribution < 1.29 is 32.2 Å². The number of aromatic nitrogens is 3. The molecule has 218 valence electrons. The summed E-state index contributed by atoms with van der Waals surface area (Å²) < 4.78 is 48.4. The summed E-state index contributed by atoms with van der Waals surface area (Å²) in [6, 6.07) is 18.9. The normalized spacial score (nSPS) is 13.9. The number of morpholine rings is 1. The lowest BCUT2D eigenvalue weighted by molar-refractivity contribution is -0.274. The molecule has 0 atom stereocenters. The first-order valence-corrected chi connectivity index (χ1v) is 13.1. The van der Waals surface area contributed by atoms with Crippen LogP contribution in [0.15, 0.2) is 72.8 Å². The number of hydrogen-bond acceptors (Lipinski definition) is 7. The van der Waals surface area contributed by atoms with Gasteiger partial charge in [0.25, 0.3) is 17.8 Å². The average Bonchev–Trinajstić information content (AvgIpc) is 3.35. The fourth-order valence-corrected chi connectivity index (χ4v) is 4.36. The number of nitrogens with zero attached hydrogens (tertiary/aromatic N) is 4. The maximum Gasteiger partial charge on any atom is 0.573 e. The van der Waals surface area contributed by atoms with Crippen molar-refractivity contribution in [3.05, 3.63) is 95.1 Å². The number of ether oxygens (including phenoxy) is 2. The lowest BCUT2D eigenvalue weighted by atomic mass is 10.1. The lowest BCUT2D eigenvalue weighted by Crippen LogP contribution is -2.35. The molecular formula is C29H27F3N6O4. The van der Waals surface area contributed by atoms with Crippen LogP contribution in [0.1, 0.15) is 31.8 Å². The van der Waals surface area contributed by atoms with E-state index in [9.17, 15) is 22.8 Å². The number of benzene rings is 3. The molecule has 1 fully saturated rings. The van der Waals surface area contributed by atoms with Gasteiger partial charge in [0.15, 0.2) is 0 Å². The largest absolute Gasteiger partial charge is 0.573 e. The number of carbonyl (C=O) groups excluding carboxylic acids is 2. The van der Waals surface area contributed by atoms with Crippen molar-refractivity contribution in [2.24, 2.45) is 0 Å². The Hall–Kier alpha value is -4.75. The average molecular weight is 581 g/mol. The zero-order chi connectivity index (χ0) is 29.7. The molecule has 0 radical (unpaired) electrons. The molecule has 13 heteroatoms. The van der Waals surface area contributed by atoms with Crippen LogP contribution in [-0.2, 0) is 11.3 Å². The summed E-state index contributed by atoms with van der Waals surface area (Å²) in [5, 5.41) is 9.59. The third kappa shape index (κ3) is 7.30. The molecule has 0 spiro atoms. The van der Waals surface area contributed by atoms with Gasteiger partial charge in [-0.1, -0.05) is 30.3 Å². The number of nitrogens with one attached hydrogen (secondary N) is 2. The van der Waals surface area contributed by atoms with Gasteiger partial charge in [-0.15, -0.1) is 18.3 Å². The lowest BCUT2D eigenvalue weighted by Gasteiger charge is -2.26. The van der Waals surface area contributed by atoms with Crippen LogP contribution >= 0.6 is 0 Å². The molecule has 1 aliphatic rings. The molecule has 0 aliphatic carbocycles. The van der Waals surface area contributed by atoms with E-state index in [0.717, 1.165) is 42.9 Å². The molecule has 1 saturated heterocycles. The number of halogens is 3. The second-order valence-corrected chi connectivity index (χ2v) is 9.52. The molecule has 1 aromatic heterocycles. The van der Waals surface area contributed by atoms with Crippen molar-refractivity contribution in [1.29, 1.82) is 0 Å². The van der Waals surface area contributed by atoms with E-state index in [1.807, 2.05) is 12.1 Å². The zero-order valence-corrected chi connectivity index (χ0v) is 22.5. The van der Waals surface area contributed by atoms with E-state index in [0.29, 0.717) is 24.3 Å². The second-order valence-electron chi connectivity index (χ2n) is 9.52. The van der Waals surface area contributed by atoms with Crippen molar-refractivity contribution >= 4 is 23.7 Å². The van der Waals surface area contributed by atoms with Crippen molar-refractivity contribution in [2.45, 2.75) is 19.8 Å². The first-order valence-electron chi connectivity index (χ1n) is 13.1. The van der Waals surface area contributed by atoms with Gasteiger partial charge in [-0.3, -0.25) is 25.1 Å². The highest BCUT2D eigenvalue weighted by Gasteiger charge is 2.31. The topological polar surface area (TPSA) is 111 Å². The van der Waals surface area contributed by atoms with Gasteiger partial charge in [-0.2, -0.15) is 9.67 Å². The number of rotatable bonds is 8. The molecule has 5 rings (SSSR count). The number of carbonyl (C=O) groups is 2. The number of anilines is 2. The summed E-state index contributed by atoms with van der Waals surface area (Å²) in [7, 11) is 0. The highest BCUT2D eigenvalue weighted by molar-refractivity contribution is 6.05. The Bertz CT molecular complexity index is 1550. The minimum Gasteiger partial charge on any atom is -0.406 e. The zero-order valence-electron chi connectivity index (χ0n) is 22.5. The first kappa shape index (κ1) is 28.8. The van der Waals surface area contributed by atoms with Crippen molar-refractivity contribution in [1.82, 2.24) is 19.7 Å². The van der Waals surface area contributed by atoms with Gasteiger partial charge in [0.2, 0.25) is 5.95 Å². The van der Waals surface area contributed by atoms with Crippen molar-refractivity contribution in [3.63, 3.8) is 0 Å². The highest BCUT2D eigenvalue weighted by Crippen LogP contribution is 2.25. The minimum atomic E-state index is -4.85. The number of aryl methyl sites for hydroxylation is 1. The molecule has 3 aromatic carbocycles. The van der Waals surface area contributed by atoms with Gasteiger partial charge in [-0.25, -0.2) is 0 Å². The Morgan fingerprint density at radius 3 is 2.29 bits per heavy atom. The molecule has 0 bridgehead atoms. The molecule has 1 aliphatic heterocycles. The van der Waals surface area contributed by atoms with E-state index >= 15 is 0 Å². The molecule has 4 aromatic rings. The van der Waals surface area contributed by atoms with E-state index in [-0.39, 0.29) is 17.6 Å². The molecule has 2 amide bonds. The monoisotopic (exact) mass is 580 g/mol. The first-order chi connectivity index (χ1) is 20.1. The number of alkyl halides is 3. The van der Waals surface area contributed by atoms with Gasteiger partial charge < -0.3 is 9.47 Å². The van der Waals surface area contributed by atoms with Crippen molar-refractivity contribution in [3.8, 4) is 11.4 Å². The SMILES string of the molecule is Cc1ccccc1C(=O)Nc1nc(NC(=O)c2ccc(CN3CCOCC3)cc2)nn1-c1ccc(OC(F)(F)F)cc1. The summed E-state index contributed by atoms with van der Waals surface area (Å²) in [5.41, 5.74) is 2.81. The Balaban J connectivity index is 1.36. The summed E-state index contributed by atoms with van der Waals surface area (Å²) in [5.74, 6) is -1.55. The fourth-order valence-electron chi connectivity index (χ4n) is 4.36. The predicted octanol–water partition coefficient (Wildman–Crippen LogP) is 4.81. The van der Waals surface area contributed by atoms with Crippen LogP contribution < -0.4 is 15.4 Å². The quantitative estimate of drug-likeness (QED) is 0.308. The molecule has 10 nitrogen and oxygen atoms in total. The molecular weight excluding hydrogens is 553 g/mol. The molecule has 2 N–H and O–H groups in total. The third-order valence-electron chi connectivity index (χ3n) is 6.49. The van der Waals surface area contributed by atoms with Crippen molar-refractivity contribution in [2.75, 3.05) is 36.9 Å². The Morgan fingerprint density at radius 1 is 0.929 bits per heavy atom. The van der Waals surface area contributed by atoms with Crippen LogP contribution in [0.4, 0.5) is 25.1 Å². The maximum atomic E-state index is 13.0. The summed E-state index contributed by atoms with van der Waals surface area (Å²) >= 11 is 0. The van der Waals surface area contributed by atoms with E-state index in [1.54, 1.807) is 43.3 Å². The van der Waals surface area contributed by atoms with E-state index in [2.05, 4.69) is 30.4 Å². The second kappa shape index (κ2) is 12.4. The molecule has 0 saturated carbocycles. The Kier molecular flexibility index (Phi) is 8.50. The number of hydrogen-bond donors (Lipinski definition) is 2. The molecule has 42 heavy (non-hydrogen) atoms.